The average Bonchev–Trinajstić information content (AvgIpc) is 2.54. The third-order valence-electron chi connectivity index (χ3n) is 3.33. The van der Waals surface area contributed by atoms with Crippen LogP contribution in [0.4, 0.5) is 4.39 Å². The molecule has 3 nitrogen and oxygen atoms in total. The first-order chi connectivity index (χ1) is 10.5. The summed E-state index contributed by atoms with van der Waals surface area (Å²) in [5.74, 6) is 0.598. The molecule has 0 aromatic heterocycles. The largest absolute Gasteiger partial charge is 0.493 e. The highest BCUT2D eigenvalue weighted by Gasteiger charge is 2.11. The van der Waals surface area contributed by atoms with Crippen molar-refractivity contribution in [3.63, 3.8) is 0 Å². The van der Waals surface area contributed by atoms with Crippen molar-refractivity contribution in [2.75, 3.05) is 14.2 Å². The lowest BCUT2D eigenvalue weighted by atomic mass is 10.0. The van der Waals surface area contributed by atoms with Crippen molar-refractivity contribution in [3.8, 4) is 11.5 Å². The highest BCUT2D eigenvalue weighted by molar-refractivity contribution is 6.30. The Bertz CT molecular complexity index is 686. The predicted molar refractivity (Wildman–Crippen MR) is 83.6 cm³/mol. The van der Waals surface area contributed by atoms with Crippen LogP contribution in [0.5, 0.6) is 11.5 Å². The molecule has 5 heteroatoms. The monoisotopic (exact) mass is 322 g/mol. The van der Waals surface area contributed by atoms with E-state index in [1.807, 2.05) is 0 Å². The minimum absolute atomic E-state index is 0.0265. The molecule has 0 radical (unpaired) electrons. The first-order valence-corrected chi connectivity index (χ1v) is 7.12. The fourth-order valence-corrected chi connectivity index (χ4v) is 2.31. The Hall–Kier alpha value is -2.07. The van der Waals surface area contributed by atoms with E-state index in [0.717, 1.165) is 5.56 Å². The Kier molecular flexibility index (Phi) is 5.39. The second-order valence-corrected chi connectivity index (χ2v) is 5.15. The molecule has 2 rings (SSSR count). The summed E-state index contributed by atoms with van der Waals surface area (Å²) in [5, 5.41) is 0.0658. The maximum atomic E-state index is 13.1. The number of halogens is 2. The van der Waals surface area contributed by atoms with Gasteiger partial charge < -0.3 is 9.47 Å². The zero-order valence-electron chi connectivity index (χ0n) is 12.4. The maximum Gasteiger partial charge on any atom is 0.163 e. The molecule has 0 unspecified atom stereocenters. The molecule has 0 spiro atoms. The number of benzene rings is 2. The minimum Gasteiger partial charge on any atom is -0.493 e. The number of hydrogen-bond acceptors (Lipinski definition) is 3. The van der Waals surface area contributed by atoms with E-state index in [2.05, 4.69) is 0 Å². The fraction of sp³-hybridized carbons (Fsp3) is 0.235. The second kappa shape index (κ2) is 7.27. The van der Waals surface area contributed by atoms with Crippen molar-refractivity contribution in [1.29, 1.82) is 0 Å². The van der Waals surface area contributed by atoms with Crippen molar-refractivity contribution in [1.82, 2.24) is 0 Å². The number of carbonyl (C=O) groups excluding carboxylic acids is 1. The SMILES string of the molecule is COc1ccc(C(=O)CCc2ccc(F)c(Cl)c2)cc1OC. The Morgan fingerprint density at radius 2 is 1.82 bits per heavy atom. The summed E-state index contributed by atoms with van der Waals surface area (Å²) in [6.07, 6.45) is 0.796. The van der Waals surface area contributed by atoms with Gasteiger partial charge in [0.2, 0.25) is 0 Å². The second-order valence-electron chi connectivity index (χ2n) is 4.74. The van der Waals surface area contributed by atoms with Crippen LogP contribution in [0, 0.1) is 5.82 Å². The molecule has 0 aliphatic heterocycles. The number of ketones is 1. The molecule has 0 saturated carbocycles. The van der Waals surface area contributed by atoms with Gasteiger partial charge in [-0.15, -0.1) is 0 Å². The van der Waals surface area contributed by atoms with Gasteiger partial charge in [0.25, 0.3) is 0 Å². The fourth-order valence-electron chi connectivity index (χ4n) is 2.11. The molecule has 0 aliphatic rings. The van der Waals surface area contributed by atoms with Gasteiger partial charge in [0.05, 0.1) is 19.2 Å². The van der Waals surface area contributed by atoms with Crippen molar-refractivity contribution < 1.29 is 18.7 Å². The average molecular weight is 323 g/mol. The van der Waals surface area contributed by atoms with E-state index in [9.17, 15) is 9.18 Å². The number of ether oxygens (including phenoxy) is 2. The number of carbonyl (C=O) groups is 1. The zero-order valence-corrected chi connectivity index (χ0v) is 13.1. The van der Waals surface area contributed by atoms with Gasteiger partial charge in [-0.2, -0.15) is 0 Å². The van der Waals surface area contributed by atoms with Crippen LogP contribution in [0.3, 0.4) is 0 Å². The summed E-state index contributed by atoms with van der Waals surface area (Å²) in [6, 6.07) is 9.52. The van der Waals surface area contributed by atoms with E-state index in [4.69, 9.17) is 21.1 Å². The van der Waals surface area contributed by atoms with Gasteiger partial charge in [-0.05, 0) is 42.3 Å². The van der Waals surface area contributed by atoms with Crippen LogP contribution in [-0.2, 0) is 6.42 Å². The van der Waals surface area contributed by atoms with E-state index in [1.165, 1.54) is 20.3 Å². The molecule has 2 aromatic carbocycles. The van der Waals surface area contributed by atoms with Crippen LogP contribution in [-0.4, -0.2) is 20.0 Å². The Labute approximate surface area is 133 Å². The molecule has 0 amide bonds. The summed E-state index contributed by atoms with van der Waals surface area (Å²) in [6.45, 7) is 0. The summed E-state index contributed by atoms with van der Waals surface area (Å²) in [7, 11) is 3.06. The number of rotatable bonds is 6. The van der Waals surface area contributed by atoms with Gasteiger partial charge in [-0.3, -0.25) is 4.79 Å². The highest BCUT2D eigenvalue weighted by Crippen LogP contribution is 2.28. The summed E-state index contributed by atoms with van der Waals surface area (Å²) in [4.78, 5) is 12.2. The van der Waals surface area contributed by atoms with Crippen LogP contribution >= 0.6 is 11.6 Å². The third-order valence-corrected chi connectivity index (χ3v) is 3.62. The first-order valence-electron chi connectivity index (χ1n) is 6.74. The Balaban J connectivity index is 2.07. The van der Waals surface area contributed by atoms with E-state index >= 15 is 0 Å². The highest BCUT2D eigenvalue weighted by atomic mass is 35.5. The van der Waals surface area contributed by atoms with Crippen molar-refractivity contribution in [2.24, 2.45) is 0 Å². The van der Waals surface area contributed by atoms with Gasteiger partial charge in [-0.25, -0.2) is 4.39 Å². The Morgan fingerprint density at radius 3 is 2.45 bits per heavy atom. The van der Waals surface area contributed by atoms with E-state index in [0.29, 0.717) is 29.9 Å². The van der Waals surface area contributed by atoms with Gasteiger partial charge >= 0.3 is 0 Å². The minimum atomic E-state index is -0.461. The maximum absolute atomic E-state index is 13.1. The summed E-state index contributed by atoms with van der Waals surface area (Å²) in [5.41, 5.74) is 1.37. The molecule has 22 heavy (non-hydrogen) atoms. The van der Waals surface area contributed by atoms with E-state index in [-0.39, 0.29) is 10.8 Å². The lowest BCUT2D eigenvalue weighted by molar-refractivity contribution is 0.0982. The number of aryl methyl sites for hydroxylation is 1. The van der Waals surface area contributed by atoms with E-state index in [1.54, 1.807) is 30.3 Å². The van der Waals surface area contributed by atoms with Crippen LogP contribution < -0.4 is 9.47 Å². The zero-order chi connectivity index (χ0) is 16.1. The topological polar surface area (TPSA) is 35.5 Å². The van der Waals surface area contributed by atoms with Crippen molar-refractivity contribution >= 4 is 17.4 Å². The summed E-state index contributed by atoms with van der Waals surface area (Å²) >= 11 is 5.73. The normalized spacial score (nSPS) is 10.4. The van der Waals surface area contributed by atoms with Crippen molar-refractivity contribution in [3.05, 3.63) is 58.4 Å². The van der Waals surface area contributed by atoms with Gasteiger partial charge in [0.15, 0.2) is 17.3 Å². The standard InChI is InChI=1S/C17H16ClFO3/c1-21-16-8-5-12(10-17(16)22-2)15(20)7-4-11-3-6-14(19)13(18)9-11/h3,5-6,8-10H,4,7H2,1-2H3. The van der Waals surface area contributed by atoms with Gasteiger partial charge in [0, 0.05) is 12.0 Å². The van der Waals surface area contributed by atoms with Crippen LogP contribution in [0.1, 0.15) is 22.3 Å². The molecule has 0 N–H and O–H groups in total. The molecular weight excluding hydrogens is 307 g/mol. The number of Topliss-reactive ketones (excluding diaryl/α,β-unsaturated/α-hetero) is 1. The quantitative estimate of drug-likeness (QED) is 0.743. The number of hydrogen-bond donors (Lipinski definition) is 0. The molecule has 2 aromatic rings. The summed E-state index contributed by atoms with van der Waals surface area (Å²) < 4.78 is 23.4. The van der Waals surface area contributed by atoms with Crippen LogP contribution in [0.2, 0.25) is 5.02 Å². The van der Waals surface area contributed by atoms with Crippen LogP contribution in [0.25, 0.3) is 0 Å². The van der Waals surface area contributed by atoms with E-state index < -0.39 is 5.82 Å². The molecule has 0 saturated heterocycles. The Morgan fingerprint density at radius 1 is 1.09 bits per heavy atom. The molecule has 0 aliphatic carbocycles. The number of methoxy groups -OCH3 is 2. The predicted octanol–water partition coefficient (Wildman–Crippen LogP) is 4.31. The third kappa shape index (κ3) is 3.77. The van der Waals surface area contributed by atoms with Gasteiger partial charge in [-0.1, -0.05) is 17.7 Å². The van der Waals surface area contributed by atoms with Crippen LogP contribution in [0.15, 0.2) is 36.4 Å². The lowest BCUT2D eigenvalue weighted by Crippen LogP contribution is -2.02. The molecule has 0 atom stereocenters. The van der Waals surface area contributed by atoms with Crippen molar-refractivity contribution in [2.45, 2.75) is 12.8 Å². The molecule has 0 fully saturated rings. The first kappa shape index (κ1) is 16.3. The molecule has 0 bridgehead atoms. The lowest BCUT2D eigenvalue weighted by Gasteiger charge is -2.09. The molecule has 116 valence electrons. The smallest absolute Gasteiger partial charge is 0.163 e. The molecule has 0 heterocycles. The van der Waals surface area contributed by atoms with Gasteiger partial charge in [0.1, 0.15) is 5.82 Å². The molecular formula is C17H16ClFO3.